The second-order valence-electron chi connectivity index (χ2n) is 4.12. The quantitative estimate of drug-likeness (QED) is 0.276. The summed E-state index contributed by atoms with van der Waals surface area (Å²) in [4.78, 5) is 0. The topological polar surface area (TPSA) is 18.5 Å². The van der Waals surface area contributed by atoms with Gasteiger partial charge in [-0.3, -0.25) is 0 Å². The number of benzene rings is 2. The van der Waals surface area contributed by atoms with Crippen LogP contribution in [0.5, 0.6) is 11.5 Å². The van der Waals surface area contributed by atoms with Gasteiger partial charge in [-0.25, -0.2) is 4.39 Å². The first-order chi connectivity index (χ1) is 10.4. The van der Waals surface area contributed by atoms with E-state index in [0.29, 0.717) is 18.6 Å². The molecule has 0 bridgehead atoms. The minimum absolute atomic E-state index is 0. The third kappa shape index (κ3) is 5.53. The van der Waals surface area contributed by atoms with E-state index in [9.17, 15) is 17.6 Å². The van der Waals surface area contributed by atoms with Gasteiger partial charge in [0, 0.05) is 6.07 Å². The van der Waals surface area contributed by atoms with Gasteiger partial charge in [-0.1, -0.05) is 0 Å². The van der Waals surface area contributed by atoms with Gasteiger partial charge >= 0.3 is 58.5 Å². The van der Waals surface area contributed by atoms with Crippen molar-refractivity contribution in [3.63, 3.8) is 0 Å². The van der Waals surface area contributed by atoms with Crippen LogP contribution >= 0.6 is 0 Å². The number of halogens is 5. The largest absolute Gasteiger partial charge is 2.00 e. The Hall–Kier alpha value is -0.458. The van der Waals surface area contributed by atoms with E-state index in [2.05, 4.69) is 6.07 Å². The molecule has 0 amide bonds. The Morgan fingerprint density at radius 3 is 2.04 bits per heavy atom. The molecule has 0 N–H and O–H groups in total. The van der Waals surface area contributed by atoms with Crippen LogP contribution in [0.2, 0.25) is 0 Å². The standard InChI is InChI=1S/C15H11F4IO2.CH3.U/c1-21-12-4-3-5-13(22-2)14(12)20-9-6-7-11(16)10(8-9)15(17,18)19;;/h4-8H,1-2H3;1H3;/q;-1;+2. The van der Waals surface area contributed by atoms with Gasteiger partial charge in [0.2, 0.25) is 0 Å². The Labute approximate surface area is 172 Å². The zero-order chi connectivity index (χ0) is 16.3. The molecule has 128 valence electrons. The molecule has 0 fully saturated rings. The number of ether oxygens (including phenoxy) is 2. The number of alkyl halides is 3. The zero-order valence-corrected chi connectivity index (χ0v) is 19.4. The minimum Gasteiger partial charge on any atom is -0.550 e. The predicted molar refractivity (Wildman–Crippen MR) is 73.6 cm³/mol. The third-order valence-electron chi connectivity index (χ3n) is 2.74. The Kier molecular flexibility index (Phi) is 9.69. The Balaban J connectivity index is 0.00000264. The summed E-state index contributed by atoms with van der Waals surface area (Å²) in [5, 5.41) is 0. The average molecular weight is 679 g/mol. The fourth-order valence-corrected chi connectivity index (χ4v) is 4.45. The molecule has 0 saturated heterocycles. The molecule has 2 nitrogen and oxygen atoms in total. The summed E-state index contributed by atoms with van der Waals surface area (Å²) >= 11 is -1.04. The fraction of sp³-hybridized carbons (Fsp3) is 0.188. The Bertz CT molecular complexity index is 655. The average Bonchev–Trinajstić information content (AvgIpc) is 2.48. The first-order valence-electron chi connectivity index (χ1n) is 6.00. The van der Waals surface area contributed by atoms with Crippen LogP contribution in [0.25, 0.3) is 0 Å². The van der Waals surface area contributed by atoms with Crippen molar-refractivity contribution >= 4 is 0 Å². The number of methoxy groups -OCH3 is 2. The molecule has 0 atom stereocenters. The van der Waals surface area contributed by atoms with Crippen molar-refractivity contribution in [1.29, 1.82) is 0 Å². The summed E-state index contributed by atoms with van der Waals surface area (Å²) in [6, 6.07) is 9.05. The van der Waals surface area contributed by atoms with Crippen LogP contribution in [0.1, 0.15) is 5.56 Å². The third-order valence-corrected chi connectivity index (χ3v) is 5.64. The van der Waals surface area contributed by atoms with E-state index in [0.717, 1.165) is 12.1 Å². The van der Waals surface area contributed by atoms with Crippen LogP contribution in [0.4, 0.5) is 17.6 Å². The van der Waals surface area contributed by atoms with Gasteiger partial charge in [-0.05, 0) is 12.1 Å². The van der Waals surface area contributed by atoms with Gasteiger partial charge < -0.3 is 16.9 Å². The molecule has 8 heteroatoms. The summed E-state index contributed by atoms with van der Waals surface area (Å²) in [5.41, 5.74) is -1.26. The molecule has 0 spiro atoms. The summed E-state index contributed by atoms with van der Waals surface area (Å²) < 4.78 is 63.2. The Morgan fingerprint density at radius 2 is 1.58 bits per heavy atom. The van der Waals surface area contributed by atoms with Crippen molar-refractivity contribution in [3.8, 4) is 11.5 Å². The molecule has 0 aromatic heterocycles. The van der Waals surface area contributed by atoms with Crippen LogP contribution in [0.3, 0.4) is 0 Å². The molecule has 2 rings (SSSR count). The van der Waals surface area contributed by atoms with Gasteiger partial charge in [0.15, 0.2) is 7.14 Å². The molecule has 0 radical (unpaired) electrons. The molecular weight excluding hydrogens is 665 g/mol. The molecule has 0 aliphatic heterocycles. The number of hydrogen-bond acceptors (Lipinski definition) is 2. The van der Waals surface area contributed by atoms with Crippen molar-refractivity contribution in [2.75, 3.05) is 14.2 Å². The van der Waals surface area contributed by atoms with Gasteiger partial charge in [-0.2, -0.15) is 19.2 Å². The van der Waals surface area contributed by atoms with E-state index in [1.54, 1.807) is 12.1 Å². The fourth-order valence-electron chi connectivity index (χ4n) is 1.71. The molecule has 0 aliphatic carbocycles. The van der Waals surface area contributed by atoms with Crippen molar-refractivity contribution in [2.45, 2.75) is 6.18 Å². The smallest absolute Gasteiger partial charge is 0.550 e. The van der Waals surface area contributed by atoms with E-state index in [4.69, 9.17) is 9.47 Å². The van der Waals surface area contributed by atoms with Crippen molar-refractivity contribution in [3.05, 3.63) is 62.3 Å². The van der Waals surface area contributed by atoms with Gasteiger partial charge in [-0.15, -0.1) is 12.1 Å². The summed E-state index contributed by atoms with van der Waals surface area (Å²) in [7, 11) is 2.92. The van der Waals surface area contributed by atoms with Gasteiger partial charge in [0.05, 0.1) is 31.3 Å². The van der Waals surface area contributed by atoms with E-state index in [1.807, 2.05) is 0 Å². The molecule has 0 saturated carbocycles. The first-order valence-corrected chi connectivity index (χ1v) is 8.16. The van der Waals surface area contributed by atoms with Crippen LogP contribution < -0.4 is 30.7 Å². The number of rotatable bonds is 4. The second-order valence-corrected chi connectivity index (χ2v) is 6.99. The monoisotopic (exact) mass is 679 g/mol. The number of hydrogen-bond donors (Lipinski definition) is 0. The molecule has 0 unspecified atom stereocenters. The predicted octanol–water partition coefficient (Wildman–Crippen LogP) is 1.24. The van der Waals surface area contributed by atoms with E-state index < -0.39 is 38.8 Å². The van der Waals surface area contributed by atoms with Crippen molar-refractivity contribution in [1.82, 2.24) is 0 Å². The molecule has 2 aromatic carbocycles. The maximum Gasteiger partial charge on any atom is 2.00 e. The van der Waals surface area contributed by atoms with E-state index in [1.165, 1.54) is 20.3 Å². The van der Waals surface area contributed by atoms with Crippen molar-refractivity contribution in [2.24, 2.45) is 0 Å². The summed E-state index contributed by atoms with van der Waals surface area (Å²) in [5.74, 6) is -0.296. The normalized spacial score (nSPS) is 10.4. The van der Waals surface area contributed by atoms with Crippen LogP contribution in [0.15, 0.2) is 30.3 Å². The minimum atomic E-state index is -4.72. The maximum atomic E-state index is 13.3. The zero-order valence-electron chi connectivity index (χ0n) is 13.1. The van der Waals surface area contributed by atoms with E-state index >= 15 is 0 Å². The molecule has 0 heterocycles. The SMILES string of the molecule is COc1c[c-]cc(OC)c1[I+]c1ccc(F)c(C(F)(F)F)c1.[CH3-].[U+2]. The van der Waals surface area contributed by atoms with Crippen molar-refractivity contribution < 1.29 is 79.4 Å². The second kappa shape index (κ2) is 9.88. The Morgan fingerprint density at radius 1 is 1.04 bits per heavy atom. The van der Waals surface area contributed by atoms with Gasteiger partial charge in [0.1, 0.15) is 5.82 Å². The van der Waals surface area contributed by atoms with Crippen LogP contribution in [0, 0.1) is 57.6 Å². The molecular formula is C16H14F4IO2U+. The molecule has 24 heavy (non-hydrogen) atoms. The van der Waals surface area contributed by atoms with E-state index in [-0.39, 0.29) is 38.5 Å². The maximum absolute atomic E-state index is 13.3. The summed E-state index contributed by atoms with van der Waals surface area (Å²) in [6.07, 6.45) is -4.72. The van der Waals surface area contributed by atoms with Crippen LogP contribution in [-0.4, -0.2) is 14.2 Å². The van der Waals surface area contributed by atoms with Gasteiger partial charge in [0.25, 0.3) is 0 Å². The first kappa shape index (κ1) is 23.5. The molecule has 0 aliphatic rings. The molecule has 2 aromatic rings. The summed E-state index contributed by atoms with van der Waals surface area (Å²) in [6.45, 7) is 0. The van der Waals surface area contributed by atoms with Crippen LogP contribution in [-0.2, 0) is 6.18 Å².